The third-order valence-corrected chi connectivity index (χ3v) is 4.06. The lowest BCUT2D eigenvalue weighted by molar-refractivity contribution is 0.101. The van der Waals surface area contributed by atoms with Crippen LogP contribution in [0.1, 0.15) is 23.0 Å². The normalized spacial score (nSPS) is 10.7. The van der Waals surface area contributed by atoms with Crippen molar-refractivity contribution in [2.75, 3.05) is 4.72 Å². The van der Waals surface area contributed by atoms with Gasteiger partial charge in [0.25, 0.3) is 10.0 Å². The molecule has 0 saturated heterocycles. The fourth-order valence-electron chi connectivity index (χ4n) is 1.69. The number of hydrogen-bond acceptors (Lipinski definition) is 5. The molecule has 0 aliphatic carbocycles. The second-order valence-electron chi connectivity index (χ2n) is 4.20. The number of nitrogens with zero attached hydrogens (tertiary/aromatic N) is 2. The first-order valence-electron chi connectivity index (χ1n) is 5.93. The van der Waals surface area contributed by atoms with Gasteiger partial charge in [-0.05, 0) is 31.2 Å². The summed E-state index contributed by atoms with van der Waals surface area (Å²) >= 11 is 0. The number of Topliss-reactive ketones (excluding diaryl/α,β-unsaturated/α-hetero) is 1. The van der Waals surface area contributed by atoms with E-state index in [1.807, 2.05) is 6.07 Å². The second kappa shape index (κ2) is 5.73. The number of benzene rings is 1. The molecule has 0 bridgehead atoms. The van der Waals surface area contributed by atoms with Gasteiger partial charge in [0.05, 0.1) is 5.69 Å². The maximum absolute atomic E-state index is 12.2. The number of pyridine rings is 1. The highest BCUT2D eigenvalue weighted by atomic mass is 32.2. The minimum absolute atomic E-state index is 0.0835. The Balaban J connectivity index is 2.38. The molecule has 2 rings (SSSR count). The molecule has 0 amide bonds. The zero-order valence-corrected chi connectivity index (χ0v) is 11.9. The van der Waals surface area contributed by atoms with Crippen LogP contribution in [0.25, 0.3) is 0 Å². The highest BCUT2D eigenvalue weighted by Crippen LogP contribution is 2.20. The van der Waals surface area contributed by atoms with Gasteiger partial charge in [-0.1, -0.05) is 12.1 Å². The molecule has 1 aromatic carbocycles. The van der Waals surface area contributed by atoms with Gasteiger partial charge in [-0.2, -0.15) is 5.26 Å². The van der Waals surface area contributed by atoms with Crippen LogP contribution in [-0.4, -0.2) is 19.2 Å². The average Bonchev–Trinajstić information content (AvgIpc) is 2.47. The summed E-state index contributed by atoms with van der Waals surface area (Å²) in [6.07, 6.45) is 1.09. The Kier molecular flexibility index (Phi) is 4.00. The smallest absolute Gasteiger partial charge is 0.263 e. The van der Waals surface area contributed by atoms with Gasteiger partial charge >= 0.3 is 0 Å². The van der Waals surface area contributed by atoms with Crippen molar-refractivity contribution in [2.24, 2.45) is 0 Å². The van der Waals surface area contributed by atoms with Crippen LogP contribution in [-0.2, 0) is 10.0 Å². The average molecular weight is 301 g/mol. The quantitative estimate of drug-likeness (QED) is 0.870. The summed E-state index contributed by atoms with van der Waals surface area (Å²) in [7, 11) is -3.87. The molecule has 21 heavy (non-hydrogen) atoms. The van der Waals surface area contributed by atoms with E-state index in [1.54, 1.807) is 12.1 Å². The fourth-order valence-corrected chi connectivity index (χ4v) is 2.71. The molecule has 0 atom stereocenters. The predicted molar refractivity (Wildman–Crippen MR) is 76.2 cm³/mol. The van der Waals surface area contributed by atoms with Crippen molar-refractivity contribution in [3.05, 3.63) is 53.9 Å². The van der Waals surface area contributed by atoms with Crippen LogP contribution in [0.15, 0.2) is 47.5 Å². The molecule has 0 spiro atoms. The van der Waals surface area contributed by atoms with E-state index in [4.69, 9.17) is 5.26 Å². The van der Waals surface area contributed by atoms with Gasteiger partial charge in [-0.25, -0.2) is 13.4 Å². The Hall–Kier alpha value is -2.72. The van der Waals surface area contributed by atoms with Crippen LogP contribution in [0.4, 0.5) is 5.69 Å². The summed E-state index contributed by atoms with van der Waals surface area (Å²) in [6.45, 7) is 1.36. The number of nitriles is 1. The molecule has 0 saturated carbocycles. The number of sulfonamides is 1. The Bertz CT molecular complexity index is 821. The molecule has 1 aromatic heterocycles. The maximum atomic E-state index is 12.2. The summed E-state index contributed by atoms with van der Waals surface area (Å²) in [6, 6.07) is 10.7. The molecule has 6 nitrogen and oxygen atoms in total. The number of hydrogen-bond donors (Lipinski definition) is 1. The lowest BCUT2D eigenvalue weighted by Gasteiger charge is -2.10. The summed E-state index contributed by atoms with van der Waals surface area (Å²) in [4.78, 5) is 15.1. The van der Waals surface area contributed by atoms with E-state index in [0.717, 1.165) is 6.20 Å². The van der Waals surface area contributed by atoms with Gasteiger partial charge in [-0.15, -0.1) is 0 Å². The third-order valence-electron chi connectivity index (χ3n) is 2.71. The molecule has 7 heteroatoms. The summed E-state index contributed by atoms with van der Waals surface area (Å²) in [5.41, 5.74) is 0.607. The van der Waals surface area contributed by atoms with Crippen molar-refractivity contribution in [3.63, 3.8) is 0 Å². The SMILES string of the molecule is CC(=O)c1ccccc1NS(=O)(=O)c1ccc(C#N)nc1. The molecule has 0 aliphatic rings. The van der Waals surface area contributed by atoms with Crippen LogP contribution < -0.4 is 4.72 Å². The minimum atomic E-state index is -3.87. The van der Waals surface area contributed by atoms with Gasteiger partial charge in [0.15, 0.2) is 5.78 Å². The van der Waals surface area contributed by atoms with Gasteiger partial charge < -0.3 is 0 Å². The first-order valence-corrected chi connectivity index (χ1v) is 7.41. The highest BCUT2D eigenvalue weighted by Gasteiger charge is 2.17. The zero-order chi connectivity index (χ0) is 15.5. The van der Waals surface area contributed by atoms with Crippen molar-refractivity contribution in [2.45, 2.75) is 11.8 Å². The van der Waals surface area contributed by atoms with E-state index in [2.05, 4.69) is 9.71 Å². The third kappa shape index (κ3) is 3.24. The molecule has 1 N–H and O–H groups in total. The van der Waals surface area contributed by atoms with E-state index < -0.39 is 10.0 Å². The van der Waals surface area contributed by atoms with Crippen LogP contribution in [0.3, 0.4) is 0 Å². The topological polar surface area (TPSA) is 99.9 Å². The number of aromatic nitrogens is 1. The largest absolute Gasteiger partial charge is 0.294 e. The maximum Gasteiger partial charge on any atom is 0.263 e. The van der Waals surface area contributed by atoms with Crippen LogP contribution in [0, 0.1) is 11.3 Å². The van der Waals surface area contributed by atoms with Crippen molar-refractivity contribution in [1.29, 1.82) is 5.26 Å². The monoisotopic (exact) mass is 301 g/mol. The zero-order valence-electron chi connectivity index (χ0n) is 11.1. The van der Waals surface area contributed by atoms with E-state index in [0.29, 0.717) is 0 Å². The lowest BCUT2D eigenvalue weighted by atomic mass is 10.1. The van der Waals surface area contributed by atoms with E-state index in [1.165, 1.54) is 31.2 Å². The van der Waals surface area contributed by atoms with Crippen LogP contribution >= 0.6 is 0 Å². The first kappa shape index (κ1) is 14.7. The molecular weight excluding hydrogens is 290 g/mol. The number of para-hydroxylation sites is 1. The number of ketones is 1. The van der Waals surface area contributed by atoms with E-state index >= 15 is 0 Å². The fraction of sp³-hybridized carbons (Fsp3) is 0.0714. The standard InChI is InChI=1S/C14H11N3O3S/c1-10(18)13-4-2-3-5-14(13)17-21(19,20)12-7-6-11(8-15)16-9-12/h2-7,9,17H,1H3. The predicted octanol–water partition coefficient (Wildman–Crippen LogP) is 1.96. The Morgan fingerprint density at radius 2 is 1.95 bits per heavy atom. The Morgan fingerprint density at radius 3 is 2.52 bits per heavy atom. The van der Waals surface area contributed by atoms with Gasteiger partial charge in [0.1, 0.15) is 16.7 Å². The van der Waals surface area contributed by atoms with Gasteiger partial charge in [0.2, 0.25) is 0 Å². The number of rotatable bonds is 4. The summed E-state index contributed by atoms with van der Waals surface area (Å²) < 4.78 is 26.8. The van der Waals surface area contributed by atoms with Crippen LogP contribution in [0.5, 0.6) is 0 Å². The minimum Gasteiger partial charge on any atom is -0.294 e. The van der Waals surface area contributed by atoms with Gasteiger partial charge in [0, 0.05) is 11.8 Å². The molecule has 0 radical (unpaired) electrons. The number of nitrogens with one attached hydrogen (secondary N) is 1. The van der Waals surface area contributed by atoms with Crippen LogP contribution in [0.2, 0.25) is 0 Å². The van der Waals surface area contributed by atoms with Gasteiger partial charge in [-0.3, -0.25) is 9.52 Å². The number of carbonyl (C=O) groups excluding carboxylic acids is 1. The van der Waals surface area contributed by atoms with Crippen molar-refractivity contribution < 1.29 is 13.2 Å². The Labute approximate surface area is 122 Å². The summed E-state index contributed by atoms with van der Waals surface area (Å²) in [5.74, 6) is -0.244. The first-order chi connectivity index (χ1) is 9.94. The second-order valence-corrected chi connectivity index (χ2v) is 5.88. The molecule has 0 unspecified atom stereocenters. The molecular formula is C14H11N3O3S. The number of anilines is 1. The highest BCUT2D eigenvalue weighted by molar-refractivity contribution is 7.92. The molecule has 1 heterocycles. The van der Waals surface area contributed by atoms with Crippen molar-refractivity contribution in [1.82, 2.24) is 4.98 Å². The number of carbonyl (C=O) groups is 1. The van der Waals surface area contributed by atoms with E-state index in [-0.39, 0.29) is 27.6 Å². The van der Waals surface area contributed by atoms with E-state index in [9.17, 15) is 13.2 Å². The molecule has 0 fully saturated rings. The lowest BCUT2D eigenvalue weighted by Crippen LogP contribution is -2.15. The molecule has 2 aromatic rings. The van der Waals surface area contributed by atoms with Crippen molar-refractivity contribution in [3.8, 4) is 6.07 Å². The summed E-state index contributed by atoms with van der Waals surface area (Å²) in [5, 5.41) is 8.65. The molecule has 106 valence electrons. The molecule has 0 aliphatic heterocycles. The van der Waals surface area contributed by atoms with Crippen molar-refractivity contribution >= 4 is 21.5 Å². The Morgan fingerprint density at radius 1 is 1.24 bits per heavy atom.